The summed E-state index contributed by atoms with van der Waals surface area (Å²) in [5.74, 6) is 0.410. The number of hydrogen-bond acceptors (Lipinski definition) is 3. The van der Waals surface area contributed by atoms with E-state index >= 15 is 0 Å². The molecule has 0 aliphatic heterocycles. The number of anilines is 1. The summed E-state index contributed by atoms with van der Waals surface area (Å²) >= 11 is 0. The van der Waals surface area contributed by atoms with E-state index in [0.29, 0.717) is 6.04 Å². The van der Waals surface area contributed by atoms with Gasteiger partial charge in [-0.2, -0.15) is 0 Å². The van der Waals surface area contributed by atoms with Gasteiger partial charge in [-0.05, 0) is 57.2 Å². The number of amides is 2. The van der Waals surface area contributed by atoms with Crippen molar-refractivity contribution in [2.24, 2.45) is 5.92 Å². The van der Waals surface area contributed by atoms with E-state index in [1.54, 1.807) is 0 Å². The molecule has 0 saturated heterocycles. The summed E-state index contributed by atoms with van der Waals surface area (Å²) in [6, 6.07) is 8.04. The molecule has 3 rings (SSSR count). The SMILES string of the molecule is C[C@H](N[C@H](C)C(=O)NC1CCCCC1)c1ccc(NC(=O)C2CC2)cc1. The normalized spacial score (nSPS) is 20.2. The lowest BCUT2D eigenvalue weighted by atomic mass is 9.95. The molecular weight excluding hydrogens is 326 g/mol. The van der Waals surface area contributed by atoms with Gasteiger partial charge in [0.25, 0.3) is 0 Å². The summed E-state index contributed by atoms with van der Waals surface area (Å²) in [6.07, 6.45) is 7.93. The highest BCUT2D eigenvalue weighted by Gasteiger charge is 2.29. The summed E-state index contributed by atoms with van der Waals surface area (Å²) < 4.78 is 0. The molecule has 142 valence electrons. The molecule has 3 N–H and O–H groups in total. The van der Waals surface area contributed by atoms with Crippen LogP contribution in [0.15, 0.2) is 24.3 Å². The van der Waals surface area contributed by atoms with Gasteiger partial charge in [0.05, 0.1) is 6.04 Å². The van der Waals surface area contributed by atoms with E-state index in [1.807, 2.05) is 31.2 Å². The lowest BCUT2D eigenvalue weighted by Crippen LogP contribution is -2.47. The summed E-state index contributed by atoms with van der Waals surface area (Å²) in [5.41, 5.74) is 1.94. The van der Waals surface area contributed by atoms with Crippen molar-refractivity contribution < 1.29 is 9.59 Å². The number of carbonyl (C=O) groups excluding carboxylic acids is 2. The van der Waals surface area contributed by atoms with Gasteiger partial charge in [0.1, 0.15) is 0 Å². The Morgan fingerprint density at radius 1 is 0.962 bits per heavy atom. The lowest BCUT2D eigenvalue weighted by Gasteiger charge is -2.26. The van der Waals surface area contributed by atoms with Crippen molar-refractivity contribution in [2.75, 3.05) is 5.32 Å². The molecule has 1 aromatic rings. The summed E-state index contributed by atoms with van der Waals surface area (Å²) in [6.45, 7) is 3.97. The first-order valence-corrected chi connectivity index (χ1v) is 10.00. The third kappa shape index (κ3) is 5.31. The molecule has 0 aromatic heterocycles. The van der Waals surface area contributed by atoms with Crippen LogP contribution in [0.25, 0.3) is 0 Å². The van der Waals surface area contributed by atoms with Crippen LogP contribution in [0.5, 0.6) is 0 Å². The van der Waals surface area contributed by atoms with Crippen LogP contribution < -0.4 is 16.0 Å². The summed E-state index contributed by atoms with van der Waals surface area (Å²) in [7, 11) is 0. The Labute approximate surface area is 156 Å². The zero-order valence-electron chi connectivity index (χ0n) is 15.9. The molecule has 2 amide bonds. The van der Waals surface area contributed by atoms with Crippen molar-refractivity contribution >= 4 is 17.5 Å². The molecule has 2 atom stereocenters. The number of nitrogens with one attached hydrogen (secondary N) is 3. The second-order valence-electron chi connectivity index (χ2n) is 7.84. The minimum absolute atomic E-state index is 0.0651. The Balaban J connectivity index is 1.47. The Bertz CT molecular complexity index is 619. The zero-order chi connectivity index (χ0) is 18.5. The lowest BCUT2D eigenvalue weighted by molar-refractivity contribution is -0.124. The van der Waals surface area contributed by atoms with Gasteiger partial charge < -0.3 is 10.6 Å². The van der Waals surface area contributed by atoms with Crippen molar-refractivity contribution in [3.05, 3.63) is 29.8 Å². The molecule has 2 aliphatic rings. The second kappa shape index (κ2) is 8.67. The quantitative estimate of drug-likeness (QED) is 0.699. The van der Waals surface area contributed by atoms with Crippen LogP contribution in [-0.4, -0.2) is 23.9 Å². The topological polar surface area (TPSA) is 70.2 Å². The van der Waals surface area contributed by atoms with Crippen molar-refractivity contribution in [3.8, 4) is 0 Å². The highest BCUT2D eigenvalue weighted by atomic mass is 16.2. The summed E-state index contributed by atoms with van der Waals surface area (Å²) in [4.78, 5) is 24.2. The Kier molecular flexibility index (Phi) is 6.30. The van der Waals surface area contributed by atoms with Gasteiger partial charge in [0.15, 0.2) is 0 Å². The van der Waals surface area contributed by atoms with E-state index in [4.69, 9.17) is 0 Å². The standard InChI is InChI=1S/C21H31N3O2/c1-14(22-15(2)20(25)23-18-6-4-3-5-7-18)16-10-12-19(13-11-16)24-21(26)17-8-9-17/h10-15,17-18,22H,3-9H2,1-2H3,(H,23,25)(H,24,26)/t14-,15+/m0/s1. The highest BCUT2D eigenvalue weighted by molar-refractivity contribution is 5.94. The molecule has 2 saturated carbocycles. The van der Waals surface area contributed by atoms with Gasteiger partial charge in [0.2, 0.25) is 11.8 Å². The molecule has 2 aliphatic carbocycles. The molecule has 1 aromatic carbocycles. The molecule has 0 heterocycles. The smallest absolute Gasteiger partial charge is 0.237 e. The Morgan fingerprint density at radius 2 is 1.62 bits per heavy atom. The molecular formula is C21H31N3O2. The van der Waals surface area contributed by atoms with Gasteiger partial charge in [-0.15, -0.1) is 0 Å². The predicted molar refractivity (Wildman–Crippen MR) is 104 cm³/mol. The third-order valence-electron chi connectivity index (χ3n) is 5.47. The minimum Gasteiger partial charge on any atom is -0.352 e. The number of hydrogen-bond donors (Lipinski definition) is 3. The first kappa shape index (κ1) is 18.9. The molecule has 0 radical (unpaired) electrons. The molecule has 0 bridgehead atoms. The third-order valence-corrected chi connectivity index (χ3v) is 5.47. The largest absolute Gasteiger partial charge is 0.352 e. The molecule has 0 unspecified atom stereocenters. The van der Waals surface area contributed by atoms with Crippen molar-refractivity contribution in [1.82, 2.24) is 10.6 Å². The van der Waals surface area contributed by atoms with Crippen LogP contribution in [0.3, 0.4) is 0 Å². The van der Waals surface area contributed by atoms with Gasteiger partial charge in [0, 0.05) is 23.7 Å². The maximum absolute atomic E-state index is 12.4. The van der Waals surface area contributed by atoms with Crippen molar-refractivity contribution in [3.63, 3.8) is 0 Å². The minimum atomic E-state index is -0.235. The van der Waals surface area contributed by atoms with Crippen LogP contribution >= 0.6 is 0 Å². The van der Waals surface area contributed by atoms with Crippen molar-refractivity contribution in [2.45, 2.75) is 76.9 Å². The average Bonchev–Trinajstić information content (AvgIpc) is 3.48. The molecule has 5 nitrogen and oxygen atoms in total. The van der Waals surface area contributed by atoms with Crippen LogP contribution in [0.4, 0.5) is 5.69 Å². The van der Waals surface area contributed by atoms with E-state index < -0.39 is 0 Å². The molecule has 5 heteroatoms. The molecule has 26 heavy (non-hydrogen) atoms. The van der Waals surface area contributed by atoms with E-state index in [9.17, 15) is 9.59 Å². The maximum atomic E-state index is 12.4. The number of carbonyl (C=O) groups is 2. The van der Waals surface area contributed by atoms with E-state index in [0.717, 1.165) is 36.9 Å². The van der Waals surface area contributed by atoms with E-state index in [2.05, 4.69) is 22.9 Å². The van der Waals surface area contributed by atoms with Crippen molar-refractivity contribution in [1.29, 1.82) is 0 Å². The fourth-order valence-corrected chi connectivity index (χ4v) is 3.56. The van der Waals surface area contributed by atoms with Gasteiger partial charge in [-0.25, -0.2) is 0 Å². The maximum Gasteiger partial charge on any atom is 0.237 e. The van der Waals surface area contributed by atoms with E-state index in [-0.39, 0.29) is 29.8 Å². The van der Waals surface area contributed by atoms with Gasteiger partial charge in [-0.1, -0.05) is 31.4 Å². The first-order valence-electron chi connectivity index (χ1n) is 10.00. The fraction of sp³-hybridized carbons (Fsp3) is 0.619. The Hall–Kier alpha value is -1.88. The van der Waals surface area contributed by atoms with Crippen LogP contribution in [0, 0.1) is 5.92 Å². The van der Waals surface area contributed by atoms with E-state index in [1.165, 1.54) is 19.3 Å². The monoisotopic (exact) mass is 357 g/mol. The van der Waals surface area contributed by atoms with Gasteiger partial charge in [-0.3, -0.25) is 14.9 Å². The van der Waals surface area contributed by atoms with Crippen LogP contribution in [0.2, 0.25) is 0 Å². The predicted octanol–water partition coefficient (Wildman–Crippen LogP) is 3.52. The molecule has 2 fully saturated rings. The van der Waals surface area contributed by atoms with Crippen LogP contribution in [0.1, 0.15) is 70.4 Å². The molecule has 0 spiro atoms. The second-order valence-corrected chi connectivity index (χ2v) is 7.84. The van der Waals surface area contributed by atoms with Gasteiger partial charge >= 0.3 is 0 Å². The summed E-state index contributed by atoms with van der Waals surface area (Å²) in [5, 5.41) is 9.50. The highest BCUT2D eigenvalue weighted by Crippen LogP contribution is 2.30. The average molecular weight is 357 g/mol. The fourth-order valence-electron chi connectivity index (χ4n) is 3.56. The van der Waals surface area contributed by atoms with Crippen LogP contribution in [-0.2, 0) is 9.59 Å². The Morgan fingerprint density at radius 3 is 2.23 bits per heavy atom. The number of benzene rings is 1. The zero-order valence-corrected chi connectivity index (χ0v) is 15.9. The number of rotatable bonds is 7. The first-order chi connectivity index (χ1) is 12.5.